The van der Waals surface area contributed by atoms with Crippen molar-refractivity contribution in [1.29, 1.82) is 0 Å². The van der Waals surface area contributed by atoms with Crippen LogP contribution in [-0.4, -0.2) is 77.8 Å². The van der Waals surface area contributed by atoms with Gasteiger partial charge in [0, 0.05) is 12.3 Å². The molecule has 4 unspecified atom stereocenters. The zero-order valence-electron chi connectivity index (χ0n) is 19.8. The molecular formula is C20H40N8O5S. The smallest absolute Gasteiger partial charge is 0.326 e. The molecule has 4 atom stereocenters. The second-order valence-electron chi connectivity index (χ2n) is 8.21. The van der Waals surface area contributed by atoms with Crippen LogP contribution in [0.3, 0.4) is 0 Å². The molecule has 0 aliphatic heterocycles. The Kier molecular flexibility index (Phi) is 15.7. The number of aliphatic imine (C=N–C) groups is 1. The number of nitrogens with one attached hydrogen (secondary N) is 3. The Bertz CT molecular complexity index is 702. The number of hydrogen-bond donors (Lipinski definition) is 9. The average molecular weight is 505 g/mol. The number of carboxylic acid groups (broad SMARTS) is 1. The Morgan fingerprint density at radius 3 is 2.00 bits per heavy atom. The molecular weight excluding hydrogens is 464 g/mol. The van der Waals surface area contributed by atoms with Crippen LogP contribution < -0.4 is 38.9 Å². The predicted octanol–water partition coefficient (Wildman–Crippen LogP) is -2.38. The normalized spacial score (nSPS) is 14.4. The fraction of sp³-hybridized carbons (Fsp3) is 0.750. The van der Waals surface area contributed by atoms with E-state index in [2.05, 4.69) is 33.6 Å². The zero-order chi connectivity index (χ0) is 26.3. The van der Waals surface area contributed by atoms with Crippen molar-refractivity contribution >= 4 is 42.3 Å². The number of nitrogens with two attached hydrogens (primary N) is 4. The van der Waals surface area contributed by atoms with E-state index in [1.54, 1.807) is 13.8 Å². The molecule has 3 amide bonds. The van der Waals surface area contributed by atoms with Gasteiger partial charge in [0.2, 0.25) is 17.7 Å². The van der Waals surface area contributed by atoms with Crippen molar-refractivity contribution in [1.82, 2.24) is 16.0 Å². The van der Waals surface area contributed by atoms with Crippen molar-refractivity contribution in [2.75, 3.05) is 18.8 Å². The number of guanidine groups is 1. The molecule has 12 N–H and O–H groups in total. The summed E-state index contributed by atoms with van der Waals surface area (Å²) in [6.07, 6.45) is 1.80. The van der Waals surface area contributed by atoms with E-state index < -0.39 is 47.9 Å². The molecule has 0 aromatic rings. The summed E-state index contributed by atoms with van der Waals surface area (Å²) in [6.45, 7) is 4.08. The number of unbranched alkanes of at least 4 members (excludes halogenated alkanes) is 1. The quantitative estimate of drug-likeness (QED) is 0.0444. The fourth-order valence-electron chi connectivity index (χ4n) is 2.93. The number of aliphatic carboxylic acids is 1. The molecule has 0 rings (SSSR count). The van der Waals surface area contributed by atoms with E-state index >= 15 is 0 Å². The van der Waals surface area contributed by atoms with Crippen LogP contribution in [0.2, 0.25) is 0 Å². The van der Waals surface area contributed by atoms with Crippen LogP contribution in [0.5, 0.6) is 0 Å². The van der Waals surface area contributed by atoms with Gasteiger partial charge < -0.3 is 44.0 Å². The van der Waals surface area contributed by atoms with Crippen LogP contribution in [0, 0.1) is 5.92 Å². The first-order valence-electron chi connectivity index (χ1n) is 11.2. The van der Waals surface area contributed by atoms with Gasteiger partial charge in [-0.2, -0.15) is 12.6 Å². The second kappa shape index (κ2) is 16.9. The summed E-state index contributed by atoms with van der Waals surface area (Å²) in [5, 5.41) is 17.1. The topological polar surface area (TPSA) is 241 Å². The van der Waals surface area contributed by atoms with Gasteiger partial charge in [0.25, 0.3) is 0 Å². The number of carboxylic acids is 1. The van der Waals surface area contributed by atoms with Gasteiger partial charge in [0.1, 0.15) is 18.1 Å². The number of nitrogens with zero attached hydrogens (tertiary/aromatic N) is 1. The van der Waals surface area contributed by atoms with E-state index in [0.717, 1.165) is 0 Å². The van der Waals surface area contributed by atoms with Gasteiger partial charge in [-0.3, -0.25) is 19.4 Å². The number of amides is 3. The molecule has 0 aliphatic carbocycles. The first kappa shape index (κ1) is 31.4. The van der Waals surface area contributed by atoms with Crippen molar-refractivity contribution in [3.8, 4) is 0 Å². The first-order valence-corrected chi connectivity index (χ1v) is 11.8. The van der Waals surface area contributed by atoms with E-state index in [1.807, 2.05) is 0 Å². The minimum Gasteiger partial charge on any atom is -0.480 e. The number of carbonyl (C=O) groups excluding carboxylic acids is 3. The summed E-state index contributed by atoms with van der Waals surface area (Å²) in [7, 11) is 0. The van der Waals surface area contributed by atoms with Crippen molar-refractivity contribution in [2.24, 2.45) is 33.8 Å². The summed E-state index contributed by atoms with van der Waals surface area (Å²) < 4.78 is 0. The molecule has 0 fully saturated rings. The predicted molar refractivity (Wildman–Crippen MR) is 133 cm³/mol. The molecule has 14 heteroatoms. The lowest BCUT2D eigenvalue weighted by atomic mass is 10.0. The van der Waals surface area contributed by atoms with Crippen molar-refractivity contribution in [3.05, 3.63) is 0 Å². The van der Waals surface area contributed by atoms with E-state index in [4.69, 9.17) is 22.9 Å². The maximum absolute atomic E-state index is 12.9. The zero-order valence-corrected chi connectivity index (χ0v) is 20.7. The highest BCUT2D eigenvalue weighted by Crippen LogP contribution is 2.08. The summed E-state index contributed by atoms with van der Waals surface area (Å²) in [5.41, 5.74) is 21.7. The third-order valence-electron chi connectivity index (χ3n) is 4.92. The van der Waals surface area contributed by atoms with Crippen LogP contribution in [0.4, 0.5) is 0 Å². The lowest BCUT2D eigenvalue weighted by Gasteiger charge is -2.27. The fourth-order valence-corrected chi connectivity index (χ4v) is 3.10. The van der Waals surface area contributed by atoms with Gasteiger partial charge >= 0.3 is 5.97 Å². The highest BCUT2D eigenvalue weighted by Gasteiger charge is 2.31. The van der Waals surface area contributed by atoms with Gasteiger partial charge in [-0.1, -0.05) is 13.8 Å². The summed E-state index contributed by atoms with van der Waals surface area (Å²) in [5.74, 6) is -3.31. The highest BCUT2D eigenvalue weighted by molar-refractivity contribution is 7.80. The first-order chi connectivity index (χ1) is 15.9. The Morgan fingerprint density at radius 1 is 0.912 bits per heavy atom. The van der Waals surface area contributed by atoms with Gasteiger partial charge in [0.15, 0.2) is 5.96 Å². The second-order valence-corrected chi connectivity index (χ2v) is 8.58. The van der Waals surface area contributed by atoms with Crippen LogP contribution in [-0.2, 0) is 19.2 Å². The molecule has 0 aromatic heterocycles. The largest absolute Gasteiger partial charge is 0.480 e. The Labute approximate surface area is 205 Å². The molecule has 0 radical (unpaired) electrons. The molecule has 0 saturated carbocycles. The van der Waals surface area contributed by atoms with Crippen molar-refractivity contribution in [2.45, 2.75) is 70.1 Å². The molecule has 34 heavy (non-hydrogen) atoms. The molecule has 0 bridgehead atoms. The maximum Gasteiger partial charge on any atom is 0.326 e. The average Bonchev–Trinajstić information content (AvgIpc) is 2.77. The van der Waals surface area contributed by atoms with E-state index in [-0.39, 0.29) is 37.0 Å². The third kappa shape index (κ3) is 12.6. The summed E-state index contributed by atoms with van der Waals surface area (Å²) in [4.78, 5) is 53.4. The van der Waals surface area contributed by atoms with E-state index in [9.17, 15) is 24.3 Å². The lowest BCUT2D eigenvalue weighted by molar-refractivity contribution is -0.142. The van der Waals surface area contributed by atoms with Crippen LogP contribution in [0.1, 0.15) is 46.0 Å². The number of hydrogen-bond acceptors (Lipinski definition) is 8. The molecule has 0 heterocycles. The minimum atomic E-state index is -1.22. The summed E-state index contributed by atoms with van der Waals surface area (Å²) in [6, 6.07) is -4.05. The minimum absolute atomic E-state index is 0.0909. The standard InChI is InChI=1S/C20H40N8O5S/c1-11(2)15(28-16(29)12(22)10-34)18(31)26-13(6-3-4-8-21)17(30)27-14(19(32)33)7-5-9-25-20(23)24/h11-15,34H,3-10,21-22H2,1-2H3,(H,26,31)(H,27,30)(H,28,29)(H,32,33)(H4,23,24,25). The van der Waals surface area contributed by atoms with Crippen molar-refractivity contribution in [3.63, 3.8) is 0 Å². The third-order valence-corrected chi connectivity index (χ3v) is 5.31. The number of carbonyl (C=O) groups is 4. The van der Waals surface area contributed by atoms with Gasteiger partial charge in [-0.15, -0.1) is 0 Å². The molecule has 196 valence electrons. The molecule has 0 spiro atoms. The molecule has 0 aromatic carbocycles. The van der Waals surface area contributed by atoms with Crippen LogP contribution >= 0.6 is 12.6 Å². The molecule has 0 saturated heterocycles. The maximum atomic E-state index is 12.9. The SMILES string of the molecule is CC(C)C(NC(=O)C(N)CS)C(=O)NC(CCCCN)C(=O)NC(CCCN=C(N)N)C(=O)O. The van der Waals surface area contributed by atoms with E-state index in [0.29, 0.717) is 25.8 Å². The van der Waals surface area contributed by atoms with Crippen LogP contribution in [0.15, 0.2) is 4.99 Å². The highest BCUT2D eigenvalue weighted by atomic mass is 32.1. The Morgan fingerprint density at radius 2 is 1.50 bits per heavy atom. The number of thiol groups is 1. The molecule has 13 nitrogen and oxygen atoms in total. The number of rotatable bonds is 17. The van der Waals surface area contributed by atoms with Crippen molar-refractivity contribution < 1.29 is 24.3 Å². The summed E-state index contributed by atoms with van der Waals surface area (Å²) >= 11 is 3.98. The Hall–Kier alpha value is -2.58. The Balaban J connectivity index is 5.37. The van der Waals surface area contributed by atoms with Gasteiger partial charge in [-0.25, -0.2) is 4.79 Å². The van der Waals surface area contributed by atoms with E-state index in [1.165, 1.54) is 0 Å². The monoisotopic (exact) mass is 504 g/mol. The molecule has 0 aliphatic rings. The van der Waals surface area contributed by atoms with Gasteiger partial charge in [0.05, 0.1) is 6.04 Å². The van der Waals surface area contributed by atoms with Gasteiger partial charge in [-0.05, 0) is 44.6 Å². The lowest BCUT2D eigenvalue weighted by Crippen LogP contribution is -2.58. The van der Waals surface area contributed by atoms with Crippen LogP contribution in [0.25, 0.3) is 0 Å².